The van der Waals surface area contributed by atoms with Crippen molar-refractivity contribution < 1.29 is 9.53 Å². The van der Waals surface area contributed by atoms with Gasteiger partial charge in [0.25, 0.3) is 0 Å². The molecule has 2 rings (SSSR count). The van der Waals surface area contributed by atoms with E-state index in [2.05, 4.69) is 4.90 Å². The van der Waals surface area contributed by atoms with Crippen LogP contribution in [0.3, 0.4) is 0 Å². The highest BCUT2D eigenvalue weighted by Crippen LogP contribution is 2.26. The molecule has 1 fully saturated rings. The molecule has 1 heterocycles. The van der Waals surface area contributed by atoms with Gasteiger partial charge < -0.3 is 9.64 Å². The number of anilines is 1. The maximum absolute atomic E-state index is 10.6. The molecule has 17 heavy (non-hydrogen) atoms. The Morgan fingerprint density at radius 1 is 1.59 bits per heavy atom. The van der Waals surface area contributed by atoms with E-state index in [1.165, 1.54) is 0 Å². The number of hydrogen-bond acceptors (Lipinski definition) is 3. The lowest BCUT2D eigenvalue weighted by molar-refractivity contribution is 0.112. The number of rotatable bonds is 4. The van der Waals surface area contributed by atoms with E-state index in [1.807, 2.05) is 13.1 Å². The van der Waals surface area contributed by atoms with Crippen LogP contribution in [0.25, 0.3) is 0 Å². The van der Waals surface area contributed by atoms with Crippen molar-refractivity contribution in [1.29, 1.82) is 0 Å². The number of likely N-dealkylation sites (N-methyl/N-ethyl adjacent to an activating group) is 1. The molecule has 1 atom stereocenters. The molecular weight excluding hydrogens is 238 g/mol. The highest BCUT2D eigenvalue weighted by Gasteiger charge is 2.18. The molecule has 1 aromatic rings. The summed E-state index contributed by atoms with van der Waals surface area (Å²) in [6.45, 7) is 1.69. The van der Waals surface area contributed by atoms with Crippen molar-refractivity contribution >= 4 is 23.6 Å². The molecule has 0 bridgehead atoms. The lowest BCUT2D eigenvalue weighted by Crippen LogP contribution is -2.28. The fourth-order valence-corrected chi connectivity index (χ4v) is 2.43. The molecule has 92 valence electrons. The van der Waals surface area contributed by atoms with Crippen LogP contribution in [0.4, 0.5) is 5.69 Å². The highest BCUT2D eigenvalue weighted by molar-refractivity contribution is 6.33. The summed E-state index contributed by atoms with van der Waals surface area (Å²) < 4.78 is 5.59. The molecule has 3 nitrogen and oxygen atoms in total. The van der Waals surface area contributed by atoms with Crippen molar-refractivity contribution in [2.75, 3.05) is 25.1 Å². The summed E-state index contributed by atoms with van der Waals surface area (Å²) in [7, 11) is 1.99. The molecule has 1 saturated heterocycles. The Balaban J connectivity index is 2.07. The van der Waals surface area contributed by atoms with Gasteiger partial charge in [-0.05, 0) is 31.0 Å². The van der Waals surface area contributed by atoms with Crippen molar-refractivity contribution in [3.63, 3.8) is 0 Å². The third-order valence-corrected chi connectivity index (χ3v) is 3.32. The van der Waals surface area contributed by atoms with E-state index in [9.17, 15) is 4.79 Å². The predicted octanol–water partition coefficient (Wildman–Crippen LogP) is 2.77. The first kappa shape index (κ1) is 12.4. The second kappa shape index (κ2) is 5.52. The maximum atomic E-state index is 10.6. The van der Waals surface area contributed by atoms with Crippen molar-refractivity contribution in [3.05, 3.63) is 28.8 Å². The Labute approximate surface area is 106 Å². The number of ether oxygens (including phenoxy) is 1. The van der Waals surface area contributed by atoms with E-state index in [0.29, 0.717) is 16.7 Å². The number of aldehydes is 1. The molecule has 0 N–H and O–H groups in total. The van der Waals surface area contributed by atoms with Gasteiger partial charge >= 0.3 is 0 Å². The molecule has 1 aliphatic heterocycles. The van der Waals surface area contributed by atoms with Gasteiger partial charge in [-0.1, -0.05) is 11.6 Å². The Bertz CT molecular complexity index is 402. The quantitative estimate of drug-likeness (QED) is 0.773. The number of carbonyl (C=O) groups is 1. The lowest BCUT2D eigenvalue weighted by atomic mass is 10.2. The molecular formula is C13H16ClNO2. The average molecular weight is 254 g/mol. The summed E-state index contributed by atoms with van der Waals surface area (Å²) in [4.78, 5) is 12.7. The van der Waals surface area contributed by atoms with Gasteiger partial charge in [0.15, 0.2) is 0 Å². The number of carbonyl (C=O) groups excluding carboxylic acids is 1. The Kier molecular flexibility index (Phi) is 4.02. The molecule has 0 aromatic heterocycles. The van der Waals surface area contributed by atoms with Gasteiger partial charge in [0.1, 0.15) is 6.29 Å². The molecule has 0 spiro atoms. The van der Waals surface area contributed by atoms with Crippen molar-refractivity contribution in [3.8, 4) is 0 Å². The maximum Gasteiger partial charge on any atom is 0.150 e. The fourth-order valence-electron chi connectivity index (χ4n) is 2.10. The van der Waals surface area contributed by atoms with Gasteiger partial charge in [0.2, 0.25) is 0 Å². The summed E-state index contributed by atoms with van der Waals surface area (Å²) in [5.74, 6) is 0. The molecule has 0 aliphatic carbocycles. The van der Waals surface area contributed by atoms with Crippen LogP contribution in [-0.2, 0) is 4.74 Å². The van der Waals surface area contributed by atoms with Crippen molar-refractivity contribution in [1.82, 2.24) is 0 Å². The molecule has 1 unspecified atom stereocenters. The van der Waals surface area contributed by atoms with Crippen LogP contribution in [0, 0.1) is 0 Å². The number of hydrogen-bond donors (Lipinski definition) is 0. The van der Waals surface area contributed by atoms with Crippen molar-refractivity contribution in [2.24, 2.45) is 0 Å². The minimum Gasteiger partial charge on any atom is -0.376 e. The molecule has 4 heteroatoms. The number of halogens is 1. The van der Waals surface area contributed by atoms with Gasteiger partial charge in [0.05, 0.1) is 16.8 Å². The first-order chi connectivity index (χ1) is 8.20. The largest absolute Gasteiger partial charge is 0.376 e. The Hall–Kier alpha value is -1.06. The standard InChI is InChI=1S/C13H16ClNO2/c1-15(8-11-3-2-6-17-11)13-5-4-10(9-16)7-12(13)14/h4-5,7,9,11H,2-3,6,8H2,1H3. The lowest BCUT2D eigenvalue weighted by Gasteiger charge is -2.23. The first-order valence-electron chi connectivity index (χ1n) is 5.78. The third kappa shape index (κ3) is 2.99. The van der Waals surface area contributed by atoms with Crippen molar-refractivity contribution in [2.45, 2.75) is 18.9 Å². The molecule has 1 aliphatic rings. The van der Waals surface area contributed by atoms with Crippen LogP contribution in [0.15, 0.2) is 18.2 Å². The third-order valence-electron chi connectivity index (χ3n) is 3.02. The summed E-state index contributed by atoms with van der Waals surface area (Å²) in [6.07, 6.45) is 3.34. The van der Waals surface area contributed by atoms with Gasteiger partial charge in [-0.2, -0.15) is 0 Å². The smallest absolute Gasteiger partial charge is 0.150 e. The SMILES string of the molecule is CN(CC1CCCO1)c1ccc(C=O)cc1Cl. The summed E-state index contributed by atoms with van der Waals surface area (Å²) in [6, 6.07) is 5.34. The van der Waals surface area contributed by atoms with Gasteiger partial charge in [0, 0.05) is 25.8 Å². The summed E-state index contributed by atoms with van der Waals surface area (Å²) >= 11 is 6.15. The van der Waals surface area contributed by atoms with E-state index >= 15 is 0 Å². The van der Waals surface area contributed by atoms with Crippen LogP contribution in [0.1, 0.15) is 23.2 Å². The topological polar surface area (TPSA) is 29.5 Å². The zero-order valence-electron chi connectivity index (χ0n) is 9.86. The first-order valence-corrected chi connectivity index (χ1v) is 6.16. The fraction of sp³-hybridized carbons (Fsp3) is 0.462. The summed E-state index contributed by atoms with van der Waals surface area (Å²) in [5.41, 5.74) is 1.54. The molecule has 0 amide bonds. The molecule has 0 radical (unpaired) electrons. The van der Waals surface area contributed by atoms with E-state index in [0.717, 1.165) is 38.0 Å². The monoisotopic (exact) mass is 253 g/mol. The molecule has 0 saturated carbocycles. The highest BCUT2D eigenvalue weighted by atomic mass is 35.5. The predicted molar refractivity (Wildman–Crippen MR) is 69.1 cm³/mol. The number of nitrogens with zero attached hydrogens (tertiary/aromatic N) is 1. The van der Waals surface area contributed by atoms with Crippen LogP contribution in [0.2, 0.25) is 5.02 Å². The second-order valence-corrected chi connectivity index (χ2v) is 4.75. The normalized spacial score (nSPS) is 19.3. The Morgan fingerprint density at radius 3 is 3.00 bits per heavy atom. The van der Waals surface area contributed by atoms with Gasteiger partial charge in [-0.3, -0.25) is 4.79 Å². The van der Waals surface area contributed by atoms with E-state index in [-0.39, 0.29) is 0 Å². The second-order valence-electron chi connectivity index (χ2n) is 4.34. The minimum absolute atomic E-state index is 0.293. The van der Waals surface area contributed by atoms with E-state index in [1.54, 1.807) is 12.1 Å². The van der Waals surface area contributed by atoms with E-state index < -0.39 is 0 Å². The minimum atomic E-state index is 0.293. The summed E-state index contributed by atoms with van der Waals surface area (Å²) in [5, 5.41) is 0.607. The molecule has 1 aromatic carbocycles. The Morgan fingerprint density at radius 2 is 2.41 bits per heavy atom. The van der Waals surface area contributed by atoms with Gasteiger partial charge in [-0.15, -0.1) is 0 Å². The van der Waals surface area contributed by atoms with Crippen LogP contribution < -0.4 is 4.90 Å². The van der Waals surface area contributed by atoms with E-state index in [4.69, 9.17) is 16.3 Å². The van der Waals surface area contributed by atoms with Crippen LogP contribution in [-0.4, -0.2) is 32.6 Å². The van der Waals surface area contributed by atoms with Crippen LogP contribution in [0.5, 0.6) is 0 Å². The zero-order valence-corrected chi connectivity index (χ0v) is 10.6. The number of benzene rings is 1. The van der Waals surface area contributed by atoms with Gasteiger partial charge in [-0.25, -0.2) is 0 Å². The van der Waals surface area contributed by atoms with Crippen LogP contribution >= 0.6 is 11.6 Å². The zero-order chi connectivity index (χ0) is 12.3. The average Bonchev–Trinajstić information content (AvgIpc) is 2.81.